The van der Waals surface area contributed by atoms with Crippen LogP contribution < -0.4 is 20.6 Å². The van der Waals surface area contributed by atoms with E-state index in [1.165, 1.54) is 122 Å². The number of benzene rings is 7. The summed E-state index contributed by atoms with van der Waals surface area (Å²) in [5.41, 5.74) is 21.3. The molecule has 0 N–H and O–H groups in total. The third-order valence-electron chi connectivity index (χ3n) is 15.6. The summed E-state index contributed by atoms with van der Waals surface area (Å²) in [6.45, 7) is 31.0. The maximum atomic E-state index is 2.75. The molecule has 0 atom stereocenters. The summed E-state index contributed by atoms with van der Waals surface area (Å²) in [6, 6.07) is 52.5. The Hall–Kier alpha value is -5.58. The summed E-state index contributed by atoms with van der Waals surface area (Å²) in [6.07, 6.45) is 2.34. The molecule has 3 heterocycles. The Morgan fingerprint density at radius 2 is 1.11 bits per heavy atom. The molecule has 2 aliphatic heterocycles. The van der Waals surface area contributed by atoms with Crippen molar-refractivity contribution < 1.29 is 0 Å². The smallest absolute Gasteiger partial charge is 0.333 e. The van der Waals surface area contributed by atoms with Crippen LogP contribution in [0, 0.1) is 0 Å². The molecule has 332 valence electrons. The van der Waals surface area contributed by atoms with Crippen molar-refractivity contribution in [2.75, 3.05) is 9.71 Å². The zero-order chi connectivity index (χ0) is 46.5. The predicted octanol–water partition coefficient (Wildman–Crippen LogP) is 16.7. The van der Waals surface area contributed by atoms with Crippen LogP contribution in [0.15, 0.2) is 133 Å². The highest BCUT2D eigenvalue weighted by atomic mass is 32.1. The second kappa shape index (κ2) is 14.5. The highest BCUT2D eigenvalue weighted by Crippen LogP contribution is 2.56. The van der Waals surface area contributed by atoms with Gasteiger partial charge in [0.2, 0.25) is 0 Å². The molecule has 7 aromatic carbocycles. The summed E-state index contributed by atoms with van der Waals surface area (Å²) < 4.78 is 2.64. The third kappa shape index (κ3) is 6.63. The van der Waals surface area contributed by atoms with Gasteiger partial charge in [-0.2, -0.15) is 0 Å². The number of fused-ring (bicyclic) bond motifs is 9. The molecule has 0 saturated carbocycles. The second-order valence-electron chi connectivity index (χ2n) is 24.1. The molecule has 1 aromatic heterocycles. The Bertz CT molecular complexity index is 3260. The molecule has 0 spiro atoms. The molecule has 0 bridgehead atoms. The van der Waals surface area contributed by atoms with E-state index >= 15 is 0 Å². The van der Waals surface area contributed by atoms with Crippen LogP contribution >= 0.6 is 11.3 Å². The third-order valence-corrected chi connectivity index (χ3v) is 16.7. The average Bonchev–Trinajstić information content (AvgIpc) is 3.66. The fourth-order valence-electron chi connectivity index (χ4n) is 11.5. The molecule has 0 unspecified atom stereocenters. The van der Waals surface area contributed by atoms with Crippen LogP contribution in [0.4, 0.5) is 28.4 Å². The van der Waals surface area contributed by atoms with E-state index in [-0.39, 0.29) is 33.9 Å². The monoisotopic (exact) mass is 880 g/mol. The molecule has 0 radical (unpaired) electrons. The van der Waals surface area contributed by atoms with Crippen LogP contribution in [0.25, 0.3) is 42.4 Å². The fraction of sp³-hybridized carbons (Fsp3) is 0.323. The first-order valence-electron chi connectivity index (χ1n) is 24.3. The van der Waals surface area contributed by atoms with Crippen LogP contribution in [0.3, 0.4) is 0 Å². The standard InChI is InChI=1S/C62H65BN2S/c1-58(2,3)39-23-26-42(27-24-39)65-51-37-48-47(61(10,11)31-32-62(48,12)13)36-45(51)46-34-41(60(7,8)9)35-52-56(46)63(65)49-28-30-54-55(43-21-17-18-22-53(43)66-54)57(49)64(52)50-29-25-40(59(4,5)6)33-44(50)38-19-15-14-16-20-38/h14-30,33-37H,31-32H2,1-13H3. The second-order valence-corrected chi connectivity index (χ2v) is 25.2. The van der Waals surface area contributed by atoms with E-state index in [4.69, 9.17) is 0 Å². The molecule has 0 saturated heterocycles. The Labute approximate surface area is 398 Å². The van der Waals surface area contributed by atoms with Gasteiger partial charge < -0.3 is 9.71 Å². The minimum atomic E-state index is -0.109. The van der Waals surface area contributed by atoms with Crippen LogP contribution in [-0.4, -0.2) is 6.85 Å². The molecule has 0 amide bonds. The zero-order valence-corrected chi connectivity index (χ0v) is 42.3. The van der Waals surface area contributed by atoms with Crippen molar-refractivity contribution in [3.63, 3.8) is 0 Å². The van der Waals surface area contributed by atoms with Gasteiger partial charge >= 0.3 is 6.85 Å². The van der Waals surface area contributed by atoms with E-state index in [1.54, 1.807) is 0 Å². The molecular weight excluding hydrogens is 816 g/mol. The first kappa shape index (κ1) is 43.0. The predicted molar refractivity (Wildman–Crippen MR) is 290 cm³/mol. The van der Waals surface area contributed by atoms with E-state index in [0.29, 0.717) is 0 Å². The Balaban J connectivity index is 1.33. The van der Waals surface area contributed by atoms with Gasteiger partial charge in [0.15, 0.2) is 0 Å². The highest BCUT2D eigenvalue weighted by Gasteiger charge is 2.48. The topological polar surface area (TPSA) is 6.48 Å². The van der Waals surface area contributed by atoms with Crippen LogP contribution in [0.2, 0.25) is 0 Å². The van der Waals surface area contributed by atoms with E-state index in [2.05, 4.69) is 233 Å². The summed E-state index contributed by atoms with van der Waals surface area (Å²) in [5.74, 6) is 0. The van der Waals surface area contributed by atoms with Gasteiger partial charge in [-0.25, -0.2) is 0 Å². The number of rotatable bonds is 3. The summed E-state index contributed by atoms with van der Waals surface area (Å²) in [4.78, 5) is 5.47. The normalized spacial score (nSPS) is 16.3. The van der Waals surface area contributed by atoms with Gasteiger partial charge in [-0.1, -0.05) is 169 Å². The molecule has 11 rings (SSSR count). The van der Waals surface area contributed by atoms with Gasteiger partial charge in [0.1, 0.15) is 0 Å². The quantitative estimate of drug-likeness (QED) is 0.163. The van der Waals surface area contributed by atoms with Gasteiger partial charge in [-0.05, 0) is 144 Å². The molecule has 8 aromatic rings. The lowest BCUT2D eigenvalue weighted by molar-refractivity contribution is 0.332. The van der Waals surface area contributed by atoms with Crippen LogP contribution in [0.5, 0.6) is 0 Å². The Morgan fingerprint density at radius 3 is 1.77 bits per heavy atom. The fourth-order valence-corrected chi connectivity index (χ4v) is 12.6. The number of thiophene rings is 1. The first-order chi connectivity index (χ1) is 31.1. The Morgan fingerprint density at radius 1 is 0.500 bits per heavy atom. The lowest BCUT2D eigenvalue weighted by Crippen LogP contribution is -2.62. The summed E-state index contributed by atoms with van der Waals surface area (Å²) in [5, 5.41) is 2.65. The molecular formula is C62H65BN2S. The highest BCUT2D eigenvalue weighted by molar-refractivity contribution is 7.26. The molecule has 2 nitrogen and oxygen atoms in total. The van der Waals surface area contributed by atoms with E-state index < -0.39 is 0 Å². The number of nitrogens with zero attached hydrogens (tertiary/aromatic N) is 2. The van der Waals surface area contributed by atoms with Gasteiger partial charge in [0.05, 0.1) is 11.4 Å². The van der Waals surface area contributed by atoms with E-state index in [0.717, 1.165) is 0 Å². The van der Waals surface area contributed by atoms with Crippen molar-refractivity contribution in [1.82, 2.24) is 0 Å². The van der Waals surface area contributed by atoms with Gasteiger partial charge in [-0.3, -0.25) is 0 Å². The first-order valence-corrected chi connectivity index (χ1v) is 25.2. The SMILES string of the molecule is CC(C)(C)c1ccc(N2B3c4ccc5sc6ccccc6c5c4N(c4ccc(C(C)(C)C)cc4-c4ccccc4)c4cc(C(C)(C)C)cc(c43)-c3cc4c(cc32)C(C)(C)CCC4(C)C)cc1. The average molecular weight is 881 g/mol. The summed E-state index contributed by atoms with van der Waals surface area (Å²) >= 11 is 1.92. The Kier molecular flexibility index (Phi) is 9.43. The zero-order valence-electron chi connectivity index (χ0n) is 41.5. The lowest BCUT2D eigenvalue weighted by Gasteiger charge is -2.49. The van der Waals surface area contributed by atoms with E-state index in [1.807, 2.05) is 11.3 Å². The van der Waals surface area contributed by atoms with Crippen molar-refractivity contribution in [1.29, 1.82) is 0 Å². The van der Waals surface area contributed by atoms with Crippen LogP contribution in [-0.2, 0) is 27.1 Å². The van der Waals surface area contributed by atoms with Crippen molar-refractivity contribution in [2.24, 2.45) is 0 Å². The van der Waals surface area contributed by atoms with Gasteiger partial charge in [0, 0.05) is 48.4 Å². The number of hydrogen-bond donors (Lipinski definition) is 0. The number of hydrogen-bond acceptors (Lipinski definition) is 3. The van der Waals surface area contributed by atoms with E-state index in [9.17, 15) is 0 Å². The van der Waals surface area contributed by atoms with Crippen molar-refractivity contribution in [2.45, 2.75) is 130 Å². The van der Waals surface area contributed by atoms with Gasteiger partial charge in [0.25, 0.3) is 0 Å². The molecule has 0 fully saturated rings. The van der Waals surface area contributed by atoms with Crippen molar-refractivity contribution in [3.05, 3.63) is 161 Å². The maximum Gasteiger partial charge on any atom is 0.333 e. The number of anilines is 5. The largest absolute Gasteiger partial charge is 0.376 e. The summed E-state index contributed by atoms with van der Waals surface area (Å²) in [7, 11) is 0. The minimum absolute atomic E-state index is 0.0245. The van der Waals surface area contributed by atoms with Crippen molar-refractivity contribution in [3.8, 4) is 22.3 Å². The van der Waals surface area contributed by atoms with Crippen LogP contribution in [0.1, 0.15) is 131 Å². The molecule has 3 aliphatic rings. The minimum Gasteiger partial charge on any atom is -0.376 e. The molecule has 66 heavy (non-hydrogen) atoms. The van der Waals surface area contributed by atoms with Crippen molar-refractivity contribution >= 4 is 77.7 Å². The molecule has 1 aliphatic carbocycles. The van der Waals surface area contributed by atoms with Gasteiger partial charge in [-0.15, -0.1) is 11.3 Å². The molecule has 4 heteroatoms. The lowest BCUT2D eigenvalue weighted by atomic mass is 9.43. The maximum absolute atomic E-state index is 2.75.